The zero-order valence-corrected chi connectivity index (χ0v) is 14.2. The van der Waals surface area contributed by atoms with E-state index in [4.69, 9.17) is 0 Å². The minimum absolute atomic E-state index is 0.159. The van der Waals surface area contributed by atoms with E-state index in [1.807, 2.05) is 48.5 Å². The highest BCUT2D eigenvalue weighted by Gasteiger charge is 1.99. The summed E-state index contributed by atoms with van der Waals surface area (Å²) in [4.78, 5) is 11.7. The van der Waals surface area contributed by atoms with Crippen LogP contribution in [0, 0.1) is 0 Å². The van der Waals surface area contributed by atoms with Gasteiger partial charge < -0.3 is 5.32 Å². The monoisotopic (exact) mass is 409 g/mol. The van der Waals surface area contributed by atoms with Crippen molar-refractivity contribution < 1.29 is 4.79 Å². The van der Waals surface area contributed by atoms with E-state index in [1.54, 1.807) is 6.21 Å². The maximum Gasteiger partial charge on any atom is 0.259 e. The molecular formula is C15H13Br2N3O. The Morgan fingerprint density at radius 1 is 1.10 bits per heavy atom. The first-order valence-corrected chi connectivity index (χ1v) is 7.79. The molecule has 0 aliphatic rings. The molecule has 1 amide bonds. The summed E-state index contributed by atoms with van der Waals surface area (Å²) in [5.74, 6) is -0.207. The van der Waals surface area contributed by atoms with Crippen LogP contribution in [-0.4, -0.2) is 18.7 Å². The molecule has 4 nitrogen and oxygen atoms in total. The molecule has 0 unspecified atom stereocenters. The molecule has 0 aromatic heterocycles. The van der Waals surface area contributed by atoms with Gasteiger partial charge in [0.05, 0.1) is 12.8 Å². The Balaban J connectivity index is 1.80. The first-order valence-electron chi connectivity index (χ1n) is 6.20. The van der Waals surface area contributed by atoms with E-state index in [-0.39, 0.29) is 12.5 Å². The number of hydrazone groups is 1. The predicted octanol–water partition coefficient (Wildman–Crippen LogP) is 3.77. The van der Waals surface area contributed by atoms with E-state index >= 15 is 0 Å². The van der Waals surface area contributed by atoms with Crippen LogP contribution in [-0.2, 0) is 4.79 Å². The van der Waals surface area contributed by atoms with Gasteiger partial charge in [0.25, 0.3) is 5.91 Å². The van der Waals surface area contributed by atoms with Gasteiger partial charge in [0.15, 0.2) is 0 Å². The number of carbonyl (C=O) groups excluding carboxylic acids is 1. The Morgan fingerprint density at radius 2 is 1.81 bits per heavy atom. The topological polar surface area (TPSA) is 53.5 Å². The van der Waals surface area contributed by atoms with Crippen LogP contribution in [0.15, 0.2) is 62.6 Å². The highest BCUT2D eigenvalue weighted by molar-refractivity contribution is 9.10. The van der Waals surface area contributed by atoms with E-state index in [1.165, 1.54) is 0 Å². The van der Waals surface area contributed by atoms with Gasteiger partial charge in [-0.15, -0.1) is 0 Å². The number of halogens is 2. The number of hydrogen-bond acceptors (Lipinski definition) is 3. The molecule has 108 valence electrons. The highest BCUT2D eigenvalue weighted by atomic mass is 79.9. The average molecular weight is 411 g/mol. The van der Waals surface area contributed by atoms with Gasteiger partial charge in [0.2, 0.25) is 0 Å². The molecule has 0 radical (unpaired) electrons. The molecule has 2 aromatic rings. The molecule has 21 heavy (non-hydrogen) atoms. The van der Waals surface area contributed by atoms with Crippen LogP contribution in [0.2, 0.25) is 0 Å². The molecule has 2 N–H and O–H groups in total. The van der Waals surface area contributed by atoms with Crippen molar-refractivity contribution in [1.82, 2.24) is 5.43 Å². The number of carbonyl (C=O) groups is 1. The molecule has 0 aliphatic heterocycles. The van der Waals surface area contributed by atoms with Gasteiger partial charge in [-0.1, -0.05) is 50.1 Å². The number of benzene rings is 2. The Bertz CT molecular complexity index is 659. The van der Waals surface area contributed by atoms with Crippen LogP contribution < -0.4 is 10.7 Å². The van der Waals surface area contributed by atoms with Crippen molar-refractivity contribution >= 4 is 49.7 Å². The highest BCUT2D eigenvalue weighted by Crippen LogP contribution is 2.15. The fourth-order valence-corrected chi connectivity index (χ4v) is 2.40. The fourth-order valence-electron chi connectivity index (χ4n) is 1.59. The average Bonchev–Trinajstić information content (AvgIpc) is 2.45. The predicted molar refractivity (Wildman–Crippen MR) is 92.5 cm³/mol. The van der Waals surface area contributed by atoms with Crippen molar-refractivity contribution in [3.8, 4) is 0 Å². The number of amides is 1. The third-order valence-corrected chi connectivity index (χ3v) is 3.52. The lowest BCUT2D eigenvalue weighted by Gasteiger charge is -2.05. The fraction of sp³-hybridized carbons (Fsp3) is 0.0667. The molecule has 6 heteroatoms. The molecule has 0 aliphatic carbocycles. The second-order valence-corrected chi connectivity index (χ2v) is 6.04. The van der Waals surface area contributed by atoms with Crippen LogP contribution in [0.3, 0.4) is 0 Å². The molecule has 0 saturated carbocycles. The molecule has 0 atom stereocenters. The van der Waals surface area contributed by atoms with Crippen molar-refractivity contribution in [2.45, 2.75) is 0 Å². The molecule has 0 bridgehead atoms. The first-order chi connectivity index (χ1) is 10.1. The molecule has 0 fully saturated rings. The molecule has 2 rings (SSSR count). The van der Waals surface area contributed by atoms with Gasteiger partial charge in [0.1, 0.15) is 0 Å². The van der Waals surface area contributed by atoms with Gasteiger partial charge in [-0.25, -0.2) is 5.43 Å². The van der Waals surface area contributed by atoms with Gasteiger partial charge >= 0.3 is 0 Å². The lowest BCUT2D eigenvalue weighted by Crippen LogP contribution is -2.25. The van der Waals surface area contributed by atoms with Crippen molar-refractivity contribution in [3.05, 3.63) is 63.0 Å². The quantitative estimate of drug-likeness (QED) is 0.582. The summed E-state index contributed by atoms with van der Waals surface area (Å²) in [6.45, 7) is 0.159. The van der Waals surface area contributed by atoms with Crippen LogP contribution in [0.4, 0.5) is 5.69 Å². The third-order valence-electron chi connectivity index (χ3n) is 2.53. The summed E-state index contributed by atoms with van der Waals surface area (Å²) in [5, 5.41) is 6.94. The van der Waals surface area contributed by atoms with E-state index < -0.39 is 0 Å². The minimum atomic E-state index is -0.207. The van der Waals surface area contributed by atoms with Crippen molar-refractivity contribution in [2.75, 3.05) is 11.9 Å². The minimum Gasteiger partial charge on any atom is -0.376 e. The molecule has 2 aromatic carbocycles. The van der Waals surface area contributed by atoms with Gasteiger partial charge in [-0.05, 0) is 35.9 Å². The van der Waals surface area contributed by atoms with Crippen LogP contribution >= 0.6 is 31.9 Å². The normalized spacial score (nSPS) is 10.6. The Labute approximate surface area is 139 Å². The second-order valence-electron chi connectivity index (χ2n) is 4.21. The van der Waals surface area contributed by atoms with Crippen molar-refractivity contribution in [3.63, 3.8) is 0 Å². The lowest BCUT2D eigenvalue weighted by atomic mass is 10.2. The standard InChI is InChI=1S/C15H13Br2N3O/c16-12-4-1-3-11(7-12)9-19-20-15(21)10-18-14-6-2-5-13(17)8-14/h1-9,18H,10H2,(H,20,21)/b19-9+. The van der Waals surface area contributed by atoms with E-state index in [9.17, 15) is 4.79 Å². The largest absolute Gasteiger partial charge is 0.376 e. The summed E-state index contributed by atoms with van der Waals surface area (Å²) in [6, 6.07) is 15.3. The van der Waals surface area contributed by atoms with Crippen LogP contribution in [0.1, 0.15) is 5.56 Å². The molecule has 0 heterocycles. The van der Waals surface area contributed by atoms with Crippen molar-refractivity contribution in [2.24, 2.45) is 5.10 Å². The molecule has 0 spiro atoms. The number of rotatable bonds is 5. The van der Waals surface area contributed by atoms with E-state index in [0.717, 1.165) is 20.2 Å². The summed E-state index contributed by atoms with van der Waals surface area (Å²) in [6.07, 6.45) is 1.60. The van der Waals surface area contributed by atoms with Gasteiger partial charge in [-0.3, -0.25) is 4.79 Å². The van der Waals surface area contributed by atoms with Gasteiger partial charge in [0, 0.05) is 14.6 Å². The summed E-state index contributed by atoms with van der Waals surface area (Å²) in [7, 11) is 0. The smallest absolute Gasteiger partial charge is 0.259 e. The third kappa shape index (κ3) is 5.69. The number of anilines is 1. The Hall–Kier alpha value is -1.66. The SMILES string of the molecule is O=C(CNc1cccc(Br)c1)N/N=C/c1cccc(Br)c1. The maximum absolute atomic E-state index is 11.7. The summed E-state index contributed by atoms with van der Waals surface area (Å²) >= 11 is 6.75. The maximum atomic E-state index is 11.7. The Morgan fingerprint density at radius 3 is 2.52 bits per heavy atom. The van der Waals surface area contributed by atoms with E-state index in [0.29, 0.717) is 0 Å². The van der Waals surface area contributed by atoms with E-state index in [2.05, 4.69) is 47.7 Å². The zero-order valence-electron chi connectivity index (χ0n) is 11.0. The van der Waals surface area contributed by atoms with Crippen molar-refractivity contribution in [1.29, 1.82) is 0 Å². The molecular weight excluding hydrogens is 398 g/mol. The molecule has 0 saturated heterocycles. The number of nitrogens with zero attached hydrogens (tertiary/aromatic N) is 1. The van der Waals surface area contributed by atoms with Crippen LogP contribution in [0.25, 0.3) is 0 Å². The summed E-state index contributed by atoms with van der Waals surface area (Å²) < 4.78 is 1.93. The van der Waals surface area contributed by atoms with Crippen LogP contribution in [0.5, 0.6) is 0 Å². The first kappa shape index (κ1) is 15.7. The number of nitrogens with one attached hydrogen (secondary N) is 2. The summed E-state index contributed by atoms with van der Waals surface area (Å²) in [5.41, 5.74) is 4.25. The second kappa shape index (κ2) is 7.95. The lowest BCUT2D eigenvalue weighted by molar-refractivity contribution is -0.119. The Kier molecular flexibility index (Phi) is 5.95. The van der Waals surface area contributed by atoms with Gasteiger partial charge in [-0.2, -0.15) is 5.10 Å². The number of hydrogen-bond donors (Lipinski definition) is 2. The zero-order chi connectivity index (χ0) is 15.1.